The Morgan fingerprint density at radius 3 is 1.61 bits per heavy atom. The molecule has 1 N–H and O–H groups in total. The quantitative estimate of drug-likeness (QED) is 0.146. The third-order valence-electron chi connectivity index (χ3n) is 10.7. The second-order valence-electron chi connectivity index (χ2n) is 13.2. The minimum atomic E-state index is -0.369. The third-order valence-corrected chi connectivity index (χ3v) is 10.7. The Balaban J connectivity index is 1.13. The van der Waals surface area contributed by atoms with Gasteiger partial charge in [0.05, 0.1) is 11.1 Å². The first-order valence-electron chi connectivity index (χ1n) is 16.9. The predicted octanol–water partition coefficient (Wildman–Crippen LogP) is 11.8. The van der Waals surface area contributed by atoms with Gasteiger partial charge in [-0.05, 0) is 100 Å². The molecule has 0 heterocycles. The number of fused-ring (bicyclic) bond motifs is 7. The predicted molar refractivity (Wildman–Crippen MR) is 205 cm³/mol. The highest BCUT2D eigenvalue weighted by Crippen LogP contribution is 2.62. The zero-order chi connectivity index (χ0) is 32.5. The summed E-state index contributed by atoms with van der Waals surface area (Å²) in [5, 5.41) is 14.3. The molecule has 1 spiro atoms. The third kappa shape index (κ3) is 3.97. The van der Waals surface area contributed by atoms with Gasteiger partial charge in [0.1, 0.15) is 0 Å². The molecular formula is C48H31N. The molecule has 0 unspecified atom stereocenters. The molecule has 0 radical (unpaired) electrons. The van der Waals surface area contributed by atoms with Gasteiger partial charge >= 0.3 is 0 Å². The molecule has 1 nitrogen and oxygen atoms in total. The van der Waals surface area contributed by atoms with Gasteiger partial charge in [0.15, 0.2) is 0 Å². The molecule has 228 valence electrons. The van der Waals surface area contributed by atoms with Crippen LogP contribution in [0.5, 0.6) is 0 Å². The van der Waals surface area contributed by atoms with Crippen molar-refractivity contribution in [3.63, 3.8) is 0 Å². The molecule has 0 bridgehead atoms. The summed E-state index contributed by atoms with van der Waals surface area (Å²) in [6, 6.07) is 63.6. The van der Waals surface area contributed by atoms with Crippen LogP contribution in [0.4, 0.5) is 0 Å². The molecule has 10 rings (SSSR count). The van der Waals surface area contributed by atoms with Crippen LogP contribution in [0.25, 0.3) is 49.4 Å². The minimum Gasteiger partial charge on any atom is -0.300 e. The maximum atomic E-state index is 8.89. The highest BCUT2D eigenvalue weighted by Gasteiger charge is 2.50. The Hall–Kier alpha value is -6.31. The van der Waals surface area contributed by atoms with Crippen LogP contribution < -0.4 is 0 Å². The van der Waals surface area contributed by atoms with Crippen molar-refractivity contribution in [2.45, 2.75) is 5.41 Å². The fraction of sp³-hybridized carbons (Fsp3) is 0.0208. The van der Waals surface area contributed by atoms with Crippen LogP contribution in [0.2, 0.25) is 0 Å². The Kier molecular flexibility index (Phi) is 6.01. The number of hydrogen-bond acceptors (Lipinski definition) is 1. The average molecular weight is 622 g/mol. The van der Waals surface area contributed by atoms with E-state index in [-0.39, 0.29) is 5.41 Å². The molecule has 1 heteroatoms. The number of benzene rings is 8. The van der Waals surface area contributed by atoms with Gasteiger partial charge in [-0.2, -0.15) is 0 Å². The Labute approximate surface area is 286 Å². The molecule has 2 aliphatic rings. The fourth-order valence-electron chi connectivity index (χ4n) is 8.60. The number of hydrogen-bond donors (Lipinski definition) is 1. The Bertz CT molecular complexity index is 2580. The van der Waals surface area contributed by atoms with E-state index in [1.54, 1.807) is 0 Å². The molecule has 0 amide bonds. The van der Waals surface area contributed by atoms with E-state index in [0.29, 0.717) is 5.71 Å². The first kappa shape index (κ1) is 27.8. The van der Waals surface area contributed by atoms with Gasteiger partial charge in [0.25, 0.3) is 0 Å². The van der Waals surface area contributed by atoms with Gasteiger partial charge in [-0.1, -0.05) is 170 Å². The van der Waals surface area contributed by atoms with Crippen LogP contribution in [-0.4, -0.2) is 5.71 Å². The van der Waals surface area contributed by atoms with Crippen molar-refractivity contribution in [1.29, 1.82) is 5.41 Å². The van der Waals surface area contributed by atoms with Crippen molar-refractivity contribution in [1.82, 2.24) is 0 Å². The van der Waals surface area contributed by atoms with Crippen molar-refractivity contribution in [3.8, 4) is 22.3 Å². The first-order chi connectivity index (χ1) is 24.2. The standard InChI is InChI=1S/C48H31N/c49-45(34-13-5-2-6-14-34)30-40(32-11-3-1-4-12-32)33-23-21-31(22-24-33)37-27-28-39-38-17-7-8-18-41(38)48(44(39)29-37)42-19-9-15-35-25-26-36-16-10-20-43(48)47(36)46(35)42/h1-30,49H/b40-30-,49-45?. The molecule has 8 aromatic rings. The molecule has 8 aromatic carbocycles. The summed E-state index contributed by atoms with van der Waals surface area (Å²) in [7, 11) is 0. The van der Waals surface area contributed by atoms with Crippen LogP contribution in [0, 0.1) is 5.41 Å². The van der Waals surface area contributed by atoms with Crippen LogP contribution in [-0.2, 0) is 5.41 Å². The van der Waals surface area contributed by atoms with Crippen LogP contribution in [0.1, 0.15) is 38.9 Å². The van der Waals surface area contributed by atoms with Crippen molar-refractivity contribution < 1.29 is 0 Å². The van der Waals surface area contributed by atoms with Crippen molar-refractivity contribution in [2.24, 2.45) is 0 Å². The van der Waals surface area contributed by atoms with Crippen molar-refractivity contribution in [3.05, 3.63) is 221 Å². The van der Waals surface area contributed by atoms with E-state index in [2.05, 4.69) is 140 Å². The van der Waals surface area contributed by atoms with E-state index in [4.69, 9.17) is 5.41 Å². The minimum absolute atomic E-state index is 0.369. The van der Waals surface area contributed by atoms with E-state index < -0.39 is 0 Å². The monoisotopic (exact) mass is 621 g/mol. The van der Waals surface area contributed by atoms with Crippen LogP contribution in [0.15, 0.2) is 182 Å². The smallest absolute Gasteiger partial charge is 0.0726 e. The lowest BCUT2D eigenvalue weighted by atomic mass is 9.70. The van der Waals surface area contributed by atoms with Gasteiger partial charge in [-0.3, -0.25) is 0 Å². The maximum absolute atomic E-state index is 8.89. The lowest BCUT2D eigenvalue weighted by Crippen LogP contribution is -2.26. The molecule has 0 atom stereocenters. The van der Waals surface area contributed by atoms with Gasteiger partial charge in [0, 0.05) is 0 Å². The summed E-state index contributed by atoms with van der Waals surface area (Å²) in [6.45, 7) is 0. The molecule has 0 saturated carbocycles. The lowest BCUT2D eigenvalue weighted by molar-refractivity contribution is 0.797. The summed E-state index contributed by atoms with van der Waals surface area (Å²) < 4.78 is 0. The van der Waals surface area contributed by atoms with Gasteiger partial charge in [0.2, 0.25) is 0 Å². The number of allylic oxidation sites excluding steroid dienone is 1. The van der Waals surface area contributed by atoms with Gasteiger partial charge in [-0.15, -0.1) is 0 Å². The maximum Gasteiger partial charge on any atom is 0.0726 e. The zero-order valence-electron chi connectivity index (χ0n) is 26.8. The average Bonchev–Trinajstić information content (AvgIpc) is 3.65. The van der Waals surface area contributed by atoms with Gasteiger partial charge < -0.3 is 5.41 Å². The summed E-state index contributed by atoms with van der Waals surface area (Å²) in [6.07, 6.45) is 2.00. The highest BCUT2D eigenvalue weighted by atomic mass is 14.5. The van der Waals surface area contributed by atoms with Gasteiger partial charge in [-0.25, -0.2) is 0 Å². The van der Waals surface area contributed by atoms with E-state index in [1.807, 2.05) is 42.5 Å². The SMILES string of the molecule is N=C(/C=C(/c1ccccc1)c1ccc(-c2ccc3c(c2)C2(c4ccccc4-3)c3cccc4ccc5cccc2c5c34)cc1)c1ccccc1. The fourth-order valence-corrected chi connectivity index (χ4v) is 8.60. The normalized spacial score (nSPS) is 13.7. The molecular weight excluding hydrogens is 591 g/mol. The molecule has 49 heavy (non-hydrogen) atoms. The summed E-state index contributed by atoms with van der Waals surface area (Å²) in [5.41, 5.74) is 14.7. The topological polar surface area (TPSA) is 23.9 Å². The largest absolute Gasteiger partial charge is 0.300 e. The zero-order valence-corrected chi connectivity index (χ0v) is 26.8. The number of rotatable bonds is 5. The van der Waals surface area contributed by atoms with E-state index >= 15 is 0 Å². The van der Waals surface area contributed by atoms with Crippen LogP contribution in [0.3, 0.4) is 0 Å². The number of nitrogens with one attached hydrogen (secondary N) is 1. The van der Waals surface area contributed by atoms with Crippen LogP contribution >= 0.6 is 0 Å². The molecule has 0 fully saturated rings. The summed E-state index contributed by atoms with van der Waals surface area (Å²) in [5.74, 6) is 0. The summed E-state index contributed by atoms with van der Waals surface area (Å²) >= 11 is 0. The molecule has 0 aliphatic heterocycles. The summed E-state index contributed by atoms with van der Waals surface area (Å²) in [4.78, 5) is 0. The van der Waals surface area contributed by atoms with Crippen molar-refractivity contribution >= 4 is 32.8 Å². The second kappa shape index (κ2) is 10.6. The first-order valence-corrected chi connectivity index (χ1v) is 16.9. The lowest BCUT2D eigenvalue weighted by Gasteiger charge is -2.31. The van der Waals surface area contributed by atoms with Crippen molar-refractivity contribution in [2.75, 3.05) is 0 Å². The van der Waals surface area contributed by atoms with E-state index in [0.717, 1.165) is 22.3 Å². The molecule has 2 aliphatic carbocycles. The Morgan fingerprint density at radius 1 is 0.408 bits per heavy atom. The van der Waals surface area contributed by atoms with E-state index in [9.17, 15) is 0 Å². The molecule has 0 aromatic heterocycles. The second-order valence-corrected chi connectivity index (χ2v) is 13.2. The molecule has 0 saturated heterocycles. The Morgan fingerprint density at radius 2 is 0.939 bits per heavy atom. The highest BCUT2D eigenvalue weighted by molar-refractivity contribution is 6.17. The van der Waals surface area contributed by atoms with E-state index in [1.165, 1.54) is 66.1 Å².